The highest BCUT2D eigenvalue weighted by Gasteiger charge is 2.25. The van der Waals surface area contributed by atoms with Crippen LogP contribution in [0.1, 0.15) is 32.0 Å². The van der Waals surface area contributed by atoms with Gasteiger partial charge in [0.1, 0.15) is 6.07 Å². The summed E-state index contributed by atoms with van der Waals surface area (Å²) in [6.45, 7) is 1.65. The first-order valence-corrected chi connectivity index (χ1v) is 7.66. The van der Waals surface area contributed by atoms with E-state index in [2.05, 4.69) is 0 Å². The number of methoxy groups -OCH3 is 1. The molecule has 130 valence electrons. The van der Waals surface area contributed by atoms with E-state index in [1.807, 2.05) is 18.2 Å². The second kappa shape index (κ2) is 6.26. The average molecular weight is 349 g/mol. The lowest BCUT2D eigenvalue weighted by Crippen LogP contribution is -2.13. The van der Waals surface area contributed by atoms with Gasteiger partial charge < -0.3 is 20.1 Å². The van der Waals surface area contributed by atoms with Gasteiger partial charge in [-0.05, 0) is 23.9 Å². The lowest BCUT2D eigenvalue weighted by molar-refractivity contribution is 0.0592. The van der Waals surface area contributed by atoms with Gasteiger partial charge >= 0.3 is 11.9 Å². The Morgan fingerprint density at radius 2 is 2.00 bits per heavy atom. The third-order valence-corrected chi connectivity index (χ3v) is 4.29. The van der Waals surface area contributed by atoms with Gasteiger partial charge in [0.2, 0.25) is 0 Å². The molecule has 0 aliphatic carbocycles. The molecule has 0 aliphatic heterocycles. The molecular weight excluding hydrogens is 334 g/mol. The van der Waals surface area contributed by atoms with Crippen molar-refractivity contribution in [3.05, 3.63) is 58.9 Å². The van der Waals surface area contributed by atoms with Crippen LogP contribution in [0.4, 0.5) is 5.69 Å². The maximum absolute atomic E-state index is 12.3. The fourth-order valence-electron chi connectivity index (χ4n) is 3.06. The lowest BCUT2D eigenvalue weighted by atomic mass is 9.98. The number of aromatic carboxylic acids is 1. The van der Waals surface area contributed by atoms with Gasteiger partial charge in [0, 0.05) is 11.6 Å². The lowest BCUT2D eigenvalue weighted by Gasteiger charge is -2.16. The largest absolute Gasteiger partial charge is 0.478 e. The molecule has 0 saturated heterocycles. The zero-order valence-electron chi connectivity index (χ0n) is 14.1. The van der Waals surface area contributed by atoms with E-state index < -0.39 is 11.9 Å². The van der Waals surface area contributed by atoms with E-state index in [0.717, 1.165) is 5.39 Å². The first-order chi connectivity index (χ1) is 12.4. The molecule has 0 atom stereocenters. The Morgan fingerprint density at radius 1 is 1.31 bits per heavy atom. The van der Waals surface area contributed by atoms with Crippen molar-refractivity contribution >= 4 is 28.4 Å². The number of anilines is 1. The molecule has 0 unspecified atom stereocenters. The standard InChI is InChI=1S/C19H15N3O4/c1-10-14(18(23)24)7-11-5-3-4-6-13(11)16(10)22-9-12(8-20)15(21)17(22)19(25)26-2/h3-7,9H,21H2,1-2H3,(H,23,24). The highest BCUT2D eigenvalue weighted by Crippen LogP contribution is 2.33. The SMILES string of the molecule is COC(=O)c1c(N)c(C#N)cn1-c1c(C)c(C(=O)O)cc2ccccc12. The van der Waals surface area contributed by atoms with Gasteiger partial charge in [0.25, 0.3) is 0 Å². The summed E-state index contributed by atoms with van der Waals surface area (Å²) in [6.07, 6.45) is 1.42. The second-order valence-corrected chi connectivity index (χ2v) is 5.70. The predicted molar refractivity (Wildman–Crippen MR) is 95.4 cm³/mol. The van der Waals surface area contributed by atoms with Crippen LogP contribution in [-0.4, -0.2) is 28.7 Å². The summed E-state index contributed by atoms with van der Waals surface area (Å²) in [4.78, 5) is 23.9. The van der Waals surface area contributed by atoms with Gasteiger partial charge in [-0.2, -0.15) is 5.26 Å². The number of ether oxygens (including phenoxy) is 1. The minimum absolute atomic E-state index is 0.0106. The number of nitrogens with zero attached hydrogens (tertiary/aromatic N) is 2. The molecule has 2 aromatic carbocycles. The smallest absolute Gasteiger partial charge is 0.357 e. The van der Waals surface area contributed by atoms with E-state index in [-0.39, 0.29) is 22.5 Å². The number of carboxylic acid groups (broad SMARTS) is 1. The molecule has 0 saturated carbocycles. The maximum Gasteiger partial charge on any atom is 0.357 e. The summed E-state index contributed by atoms with van der Waals surface area (Å²) >= 11 is 0. The first-order valence-electron chi connectivity index (χ1n) is 7.66. The summed E-state index contributed by atoms with van der Waals surface area (Å²) in [5, 5.41) is 20.3. The summed E-state index contributed by atoms with van der Waals surface area (Å²) in [5.41, 5.74) is 7.05. The molecule has 0 bridgehead atoms. The fraction of sp³-hybridized carbons (Fsp3) is 0.105. The quantitative estimate of drug-likeness (QED) is 0.702. The molecular formula is C19H15N3O4. The second-order valence-electron chi connectivity index (χ2n) is 5.70. The predicted octanol–water partition coefficient (Wildman–Crippen LogP) is 2.88. The number of rotatable bonds is 3. The number of carboxylic acids is 1. The minimum atomic E-state index is -1.09. The number of esters is 1. The van der Waals surface area contributed by atoms with Gasteiger partial charge in [0.05, 0.1) is 29.6 Å². The van der Waals surface area contributed by atoms with Crippen molar-refractivity contribution in [3.63, 3.8) is 0 Å². The number of nitrogen functional groups attached to an aromatic ring is 1. The highest BCUT2D eigenvalue weighted by molar-refractivity contribution is 6.03. The summed E-state index contributed by atoms with van der Waals surface area (Å²) in [7, 11) is 1.21. The molecule has 0 radical (unpaired) electrons. The van der Waals surface area contributed by atoms with Crippen LogP contribution < -0.4 is 5.73 Å². The number of hydrogen-bond acceptors (Lipinski definition) is 5. The zero-order valence-corrected chi connectivity index (χ0v) is 14.1. The van der Waals surface area contributed by atoms with Gasteiger partial charge in [0.15, 0.2) is 5.69 Å². The van der Waals surface area contributed by atoms with Crippen molar-refractivity contribution in [2.75, 3.05) is 12.8 Å². The number of nitrogens with two attached hydrogens (primary N) is 1. The van der Waals surface area contributed by atoms with E-state index in [1.54, 1.807) is 25.1 Å². The third kappa shape index (κ3) is 2.45. The van der Waals surface area contributed by atoms with Crippen molar-refractivity contribution in [2.24, 2.45) is 0 Å². The van der Waals surface area contributed by atoms with E-state index >= 15 is 0 Å². The maximum atomic E-state index is 12.3. The van der Waals surface area contributed by atoms with Gasteiger partial charge in [-0.1, -0.05) is 24.3 Å². The Bertz CT molecular complexity index is 1110. The Balaban J connectivity index is 2.51. The Morgan fingerprint density at radius 3 is 2.62 bits per heavy atom. The number of carbonyl (C=O) groups excluding carboxylic acids is 1. The monoisotopic (exact) mass is 349 g/mol. The van der Waals surface area contributed by atoms with Crippen molar-refractivity contribution in [1.29, 1.82) is 5.26 Å². The molecule has 3 aromatic rings. The van der Waals surface area contributed by atoms with Crippen LogP contribution in [0.25, 0.3) is 16.5 Å². The Labute approximate surface area is 148 Å². The molecule has 0 aliphatic rings. The van der Waals surface area contributed by atoms with Crippen molar-refractivity contribution in [3.8, 4) is 11.8 Å². The number of hydrogen-bond donors (Lipinski definition) is 2. The van der Waals surface area contributed by atoms with Crippen LogP contribution in [0.15, 0.2) is 36.5 Å². The number of aromatic nitrogens is 1. The normalized spacial score (nSPS) is 10.5. The van der Waals surface area contributed by atoms with Crippen molar-refractivity contribution in [2.45, 2.75) is 6.92 Å². The fourth-order valence-corrected chi connectivity index (χ4v) is 3.06. The van der Waals surface area contributed by atoms with Crippen LogP contribution in [0.5, 0.6) is 0 Å². The van der Waals surface area contributed by atoms with Gasteiger partial charge in [-0.25, -0.2) is 9.59 Å². The first kappa shape index (κ1) is 17.0. The minimum Gasteiger partial charge on any atom is -0.478 e. The van der Waals surface area contributed by atoms with Crippen LogP contribution >= 0.6 is 0 Å². The van der Waals surface area contributed by atoms with Crippen molar-refractivity contribution in [1.82, 2.24) is 4.57 Å². The van der Waals surface area contributed by atoms with Crippen LogP contribution in [0.3, 0.4) is 0 Å². The highest BCUT2D eigenvalue weighted by atomic mass is 16.5. The zero-order chi connectivity index (χ0) is 19.0. The third-order valence-electron chi connectivity index (χ3n) is 4.29. The molecule has 7 heteroatoms. The summed E-state index contributed by atoms with van der Waals surface area (Å²) in [5.74, 6) is -1.80. The van der Waals surface area contributed by atoms with Crippen LogP contribution in [0, 0.1) is 18.3 Å². The number of carbonyl (C=O) groups is 2. The van der Waals surface area contributed by atoms with E-state index in [1.165, 1.54) is 17.9 Å². The number of benzene rings is 2. The average Bonchev–Trinajstić information content (AvgIpc) is 2.96. The Kier molecular flexibility index (Phi) is 4.10. The van der Waals surface area contributed by atoms with E-state index in [0.29, 0.717) is 16.6 Å². The molecule has 1 aromatic heterocycles. The number of fused-ring (bicyclic) bond motifs is 1. The van der Waals surface area contributed by atoms with Crippen LogP contribution in [-0.2, 0) is 4.74 Å². The number of nitriles is 1. The molecule has 7 nitrogen and oxygen atoms in total. The van der Waals surface area contributed by atoms with Gasteiger partial charge in [-0.3, -0.25) is 0 Å². The molecule has 0 amide bonds. The summed E-state index contributed by atoms with van der Waals surface area (Å²) in [6, 6.07) is 10.7. The van der Waals surface area contributed by atoms with Gasteiger partial charge in [-0.15, -0.1) is 0 Å². The molecule has 3 N–H and O–H groups in total. The van der Waals surface area contributed by atoms with E-state index in [9.17, 15) is 20.0 Å². The molecule has 0 spiro atoms. The van der Waals surface area contributed by atoms with Crippen LogP contribution in [0.2, 0.25) is 0 Å². The molecule has 26 heavy (non-hydrogen) atoms. The topological polar surface area (TPSA) is 118 Å². The molecule has 0 fully saturated rings. The summed E-state index contributed by atoms with van der Waals surface area (Å²) < 4.78 is 6.24. The Hall–Kier alpha value is -3.79. The van der Waals surface area contributed by atoms with E-state index in [4.69, 9.17) is 10.5 Å². The molecule has 1 heterocycles. The molecule has 3 rings (SSSR count). The van der Waals surface area contributed by atoms with Crippen molar-refractivity contribution < 1.29 is 19.4 Å².